The molecule has 1 aliphatic rings. The Morgan fingerprint density at radius 1 is 1.44 bits per heavy atom. The van der Waals surface area contributed by atoms with Crippen molar-refractivity contribution in [3.63, 3.8) is 0 Å². The summed E-state index contributed by atoms with van der Waals surface area (Å²) >= 11 is 0. The van der Waals surface area contributed by atoms with E-state index in [9.17, 15) is 9.18 Å². The van der Waals surface area contributed by atoms with Crippen molar-refractivity contribution >= 4 is 5.91 Å². The van der Waals surface area contributed by atoms with E-state index in [0.717, 1.165) is 19.4 Å². The van der Waals surface area contributed by atoms with Crippen LogP contribution in [0.1, 0.15) is 18.4 Å². The molecule has 18 heavy (non-hydrogen) atoms. The highest BCUT2D eigenvalue weighted by Crippen LogP contribution is 2.22. The zero-order valence-corrected chi connectivity index (χ0v) is 10.9. The van der Waals surface area contributed by atoms with Crippen LogP contribution in [-0.4, -0.2) is 42.4 Å². The molecule has 1 saturated heterocycles. The number of hydrogen-bond donors (Lipinski definition) is 0. The van der Waals surface area contributed by atoms with Gasteiger partial charge in [-0.25, -0.2) is 4.39 Å². The summed E-state index contributed by atoms with van der Waals surface area (Å²) in [5.41, 5.74) is 0.663. The highest BCUT2D eigenvalue weighted by Gasteiger charge is 2.31. The van der Waals surface area contributed by atoms with E-state index >= 15 is 0 Å². The van der Waals surface area contributed by atoms with E-state index in [1.165, 1.54) is 6.07 Å². The Bertz CT molecular complexity index is 434. The summed E-state index contributed by atoms with van der Waals surface area (Å²) in [6, 6.07) is 6.67. The molecule has 0 saturated carbocycles. The van der Waals surface area contributed by atoms with E-state index in [4.69, 9.17) is 0 Å². The molecule has 1 heterocycles. The molecule has 4 heteroatoms. The van der Waals surface area contributed by atoms with Crippen LogP contribution in [-0.2, 0) is 11.3 Å². The Labute approximate surface area is 107 Å². The van der Waals surface area contributed by atoms with E-state index in [2.05, 4.69) is 4.90 Å². The first-order valence-corrected chi connectivity index (χ1v) is 6.28. The fourth-order valence-corrected chi connectivity index (χ4v) is 2.44. The smallest absolute Gasteiger partial charge is 0.239 e. The van der Waals surface area contributed by atoms with Gasteiger partial charge in [-0.05, 0) is 25.5 Å². The summed E-state index contributed by atoms with van der Waals surface area (Å²) in [4.78, 5) is 15.7. The molecule has 1 amide bonds. The van der Waals surface area contributed by atoms with Crippen LogP contribution in [0.5, 0.6) is 0 Å². The molecule has 3 nitrogen and oxygen atoms in total. The minimum atomic E-state index is -0.194. The normalized spacial score (nSPS) is 20.1. The number of benzene rings is 1. The molecule has 2 rings (SSSR count). The Morgan fingerprint density at radius 2 is 2.17 bits per heavy atom. The molecule has 1 aromatic rings. The minimum Gasteiger partial charge on any atom is -0.347 e. The molecule has 1 fully saturated rings. The van der Waals surface area contributed by atoms with Crippen LogP contribution in [0.15, 0.2) is 24.3 Å². The lowest BCUT2D eigenvalue weighted by Gasteiger charge is -2.26. The summed E-state index contributed by atoms with van der Waals surface area (Å²) in [5.74, 6) is -0.0794. The Kier molecular flexibility index (Phi) is 3.97. The Balaban J connectivity index is 2.09. The molecule has 1 atom stereocenters. The van der Waals surface area contributed by atoms with Crippen molar-refractivity contribution in [2.24, 2.45) is 0 Å². The summed E-state index contributed by atoms with van der Waals surface area (Å²) < 4.78 is 13.6. The monoisotopic (exact) mass is 250 g/mol. The van der Waals surface area contributed by atoms with E-state index in [1.807, 2.05) is 6.07 Å². The first-order chi connectivity index (χ1) is 8.59. The Hall–Kier alpha value is -1.42. The molecule has 1 aliphatic heterocycles. The Morgan fingerprint density at radius 3 is 2.83 bits per heavy atom. The molecule has 0 bridgehead atoms. The average Bonchev–Trinajstić information content (AvgIpc) is 2.79. The van der Waals surface area contributed by atoms with E-state index in [-0.39, 0.29) is 17.8 Å². The van der Waals surface area contributed by atoms with Gasteiger partial charge in [0.1, 0.15) is 5.82 Å². The van der Waals surface area contributed by atoms with Crippen molar-refractivity contribution in [2.75, 3.05) is 20.6 Å². The maximum atomic E-state index is 13.6. The van der Waals surface area contributed by atoms with Gasteiger partial charge in [0.2, 0.25) is 5.91 Å². The number of rotatable bonds is 3. The van der Waals surface area contributed by atoms with E-state index in [1.54, 1.807) is 31.1 Å². The van der Waals surface area contributed by atoms with Gasteiger partial charge in [-0.3, -0.25) is 9.69 Å². The number of carbonyl (C=O) groups excluding carboxylic acids is 1. The fourth-order valence-electron chi connectivity index (χ4n) is 2.44. The highest BCUT2D eigenvalue weighted by molar-refractivity contribution is 5.81. The van der Waals surface area contributed by atoms with Gasteiger partial charge in [-0.15, -0.1) is 0 Å². The zero-order chi connectivity index (χ0) is 13.1. The number of likely N-dealkylation sites (tertiary alicyclic amines) is 1. The predicted molar refractivity (Wildman–Crippen MR) is 68.5 cm³/mol. The summed E-state index contributed by atoms with van der Waals surface area (Å²) in [6.07, 6.45) is 1.87. The number of amides is 1. The quantitative estimate of drug-likeness (QED) is 0.817. The van der Waals surface area contributed by atoms with E-state index in [0.29, 0.717) is 12.1 Å². The number of halogens is 1. The van der Waals surface area contributed by atoms with Crippen molar-refractivity contribution in [3.05, 3.63) is 35.6 Å². The zero-order valence-electron chi connectivity index (χ0n) is 10.9. The van der Waals surface area contributed by atoms with Gasteiger partial charge in [0.15, 0.2) is 0 Å². The number of likely N-dealkylation sites (N-methyl/N-ethyl adjacent to an activating group) is 1. The van der Waals surface area contributed by atoms with Crippen LogP contribution in [0, 0.1) is 5.82 Å². The average molecular weight is 250 g/mol. The lowest BCUT2D eigenvalue weighted by Crippen LogP contribution is -2.42. The summed E-state index contributed by atoms with van der Waals surface area (Å²) in [5, 5.41) is 0. The molecular weight excluding hydrogens is 231 g/mol. The first-order valence-electron chi connectivity index (χ1n) is 6.28. The lowest BCUT2D eigenvalue weighted by atomic mass is 10.1. The molecule has 0 N–H and O–H groups in total. The third-order valence-electron chi connectivity index (χ3n) is 3.42. The maximum Gasteiger partial charge on any atom is 0.239 e. The van der Waals surface area contributed by atoms with Crippen LogP contribution in [0.4, 0.5) is 4.39 Å². The topological polar surface area (TPSA) is 23.6 Å². The SMILES string of the molecule is CN(C)C(=O)C1CCCN1Cc1ccccc1F. The molecule has 0 aromatic heterocycles. The second-order valence-electron chi connectivity index (χ2n) is 4.95. The van der Waals surface area contributed by atoms with Gasteiger partial charge in [0, 0.05) is 26.2 Å². The van der Waals surface area contributed by atoms with Gasteiger partial charge in [0.05, 0.1) is 6.04 Å². The van der Waals surface area contributed by atoms with Crippen molar-refractivity contribution in [3.8, 4) is 0 Å². The van der Waals surface area contributed by atoms with Crippen LogP contribution in [0.25, 0.3) is 0 Å². The summed E-state index contributed by atoms with van der Waals surface area (Å²) in [7, 11) is 3.53. The molecule has 98 valence electrons. The number of carbonyl (C=O) groups is 1. The van der Waals surface area contributed by atoms with Crippen LogP contribution in [0.3, 0.4) is 0 Å². The molecule has 1 aromatic carbocycles. The van der Waals surface area contributed by atoms with Gasteiger partial charge < -0.3 is 4.90 Å². The van der Waals surface area contributed by atoms with Crippen molar-refractivity contribution in [1.82, 2.24) is 9.80 Å². The molecule has 0 aliphatic carbocycles. The van der Waals surface area contributed by atoms with Crippen LogP contribution in [0.2, 0.25) is 0 Å². The molecule has 0 spiro atoms. The number of nitrogens with zero attached hydrogens (tertiary/aromatic N) is 2. The van der Waals surface area contributed by atoms with Crippen LogP contribution >= 0.6 is 0 Å². The van der Waals surface area contributed by atoms with E-state index < -0.39 is 0 Å². The maximum absolute atomic E-state index is 13.6. The predicted octanol–water partition coefficient (Wildman–Crippen LogP) is 1.88. The number of hydrogen-bond acceptors (Lipinski definition) is 2. The largest absolute Gasteiger partial charge is 0.347 e. The van der Waals surface area contributed by atoms with Crippen molar-refractivity contribution in [1.29, 1.82) is 0 Å². The highest BCUT2D eigenvalue weighted by atomic mass is 19.1. The summed E-state index contributed by atoms with van der Waals surface area (Å²) in [6.45, 7) is 1.37. The second kappa shape index (κ2) is 5.48. The third kappa shape index (κ3) is 2.70. The minimum absolute atomic E-state index is 0.0976. The van der Waals surface area contributed by atoms with Gasteiger partial charge in [-0.2, -0.15) is 0 Å². The standard InChI is InChI=1S/C14H19FN2O/c1-16(2)14(18)13-8-5-9-17(13)10-11-6-3-4-7-12(11)15/h3-4,6-7,13H,5,8-10H2,1-2H3. The molecular formula is C14H19FN2O. The van der Waals surface area contributed by atoms with Crippen molar-refractivity contribution in [2.45, 2.75) is 25.4 Å². The fraction of sp³-hybridized carbons (Fsp3) is 0.500. The first kappa shape index (κ1) is 13.0. The van der Waals surface area contributed by atoms with Gasteiger partial charge in [0.25, 0.3) is 0 Å². The van der Waals surface area contributed by atoms with Crippen LogP contribution < -0.4 is 0 Å². The lowest BCUT2D eigenvalue weighted by molar-refractivity contribution is -0.133. The second-order valence-corrected chi connectivity index (χ2v) is 4.95. The van der Waals surface area contributed by atoms with Gasteiger partial charge in [-0.1, -0.05) is 18.2 Å². The third-order valence-corrected chi connectivity index (χ3v) is 3.42. The van der Waals surface area contributed by atoms with Crippen molar-refractivity contribution < 1.29 is 9.18 Å². The van der Waals surface area contributed by atoms with Gasteiger partial charge >= 0.3 is 0 Å². The molecule has 1 unspecified atom stereocenters. The molecule has 0 radical (unpaired) electrons.